The molecule has 0 spiro atoms. The zero-order valence-corrected chi connectivity index (χ0v) is 15.7. The van der Waals surface area contributed by atoms with Gasteiger partial charge in [0.15, 0.2) is 0 Å². The zero-order valence-electron chi connectivity index (χ0n) is 15.7. The summed E-state index contributed by atoms with van der Waals surface area (Å²) in [5.41, 5.74) is 3.76. The molecule has 3 rings (SSSR count). The fourth-order valence-corrected chi connectivity index (χ4v) is 3.51. The van der Waals surface area contributed by atoms with E-state index < -0.39 is 5.97 Å². The number of carboxylic acid groups (broad SMARTS) is 1. The predicted octanol–water partition coefficient (Wildman–Crippen LogP) is 4.58. The predicted molar refractivity (Wildman–Crippen MR) is 104 cm³/mol. The van der Waals surface area contributed by atoms with Gasteiger partial charge in [-0.15, -0.1) is 0 Å². The van der Waals surface area contributed by atoms with E-state index in [2.05, 4.69) is 24.0 Å². The maximum absolute atomic E-state index is 14.1. The first-order valence-corrected chi connectivity index (χ1v) is 9.56. The van der Waals surface area contributed by atoms with Crippen LogP contribution in [0, 0.1) is 5.82 Å². The number of aryl methyl sites for hydroxylation is 2. The largest absolute Gasteiger partial charge is 0.489 e. The third-order valence-electron chi connectivity index (χ3n) is 4.90. The summed E-state index contributed by atoms with van der Waals surface area (Å²) in [6, 6.07) is 11.1. The summed E-state index contributed by atoms with van der Waals surface area (Å²) in [6.07, 6.45) is 3.51. The Morgan fingerprint density at radius 3 is 2.85 bits per heavy atom. The molecule has 5 heteroatoms. The van der Waals surface area contributed by atoms with Gasteiger partial charge in [-0.1, -0.05) is 25.1 Å². The van der Waals surface area contributed by atoms with E-state index in [1.54, 1.807) is 12.1 Å². The number of hydrogen-bond acceptors (Lipinski definition) is 3. The number of anilines is 1. The first kappa shape index (κ1) is 19.2. The molecule has 0 unspecified atom stereocenters. The van der Waals surface area contributed by atoms with E-state index in [9.17, 15) is 9.18 Å². The molecular weight excluding hydrogens is 345 g/mol. The summed E-state index contributed by atoms with van der Waals surface area (Å²) < 4.78 is 20.0. The number of halogens is 1. The highest BCUT2D eigenvalue weighted by Gasteiger charge is 2.17. The van der Waals surface area contributed by atoms with Crippen molar-refractivity contribution in [3.8, 4) is 5.75 Å². The zero-order chi connectivity index (χ0) is 19.2. The SMILES string of the molecule is CCCN1CCCc2ccc(OCc3ccc(CCC(=O)O)c(F)c3)cc21. The lowest BCUT2D eigenvalue weighted by Crippen LogP contribution is -2.29. The lowest BCUT2D eigenvalue weighted by molar-refractivity contribution is -0.136. The van der Waals surface area contributed by atoms with Gasteiger partial charge in [0.05, 0.1) is 0 Å². The van der Waals surface area contributed by atoms with Crippen molar-refractivity contribution in [1.82, 2.24) is 0 Å². The minimum absolute atomic E-state index is 0.0733. The van der Waals surface area contributed by atoms with Gasteiger partial charge in [0.2, 0.25) is 0 Å². The summed E-state index contributed by atoms with van der Waals surface area (Å²) in [6.45, 7) is 4.58. The van der Waals surface area contributed by atoms with Crippen LogP contribution in [-0.2, 0) is 24.2 Å². The maximum atomic E-state index is 14.1. The fraction of sp³-hybridized carbons (Fsp3) is 0.409. The molecule has 27 heavy (non-hydrogen) atoms. The molecule has 144 valence electrons. The Morgan fingerprint density at radius 2 is 2.11 bits per heavy atom. The minimum Gasteiger partial charge on any atom is -0.489 e. The van der Waals surface area contributed by atoms with Gasteiger partial charge in [-0.25, -0.2) is 4.39 Å². The van der Waals surface area contributed by atoms with Crippen molar-refractivity contribution in [1.29, 1.82) is 0 Å². The van der Waals surface area contributed by atoms with E-state index >= 15 is 0 Å². The average molecular weight is 371 g/mol. The van der Waals surface area contributed by atoms with Crippen LogP contribution in [0.25, 0.3) is 0 Å². The topological polar surface area (TPSA) is 49.8 Å². The lowest BCUT2D eigenvalue weighted by Gasteiger charge is -2.31. The molecule has 1 aliphatic heterocycles. The Balaban J connectivity index is 1.65. The summed E-state index contributed by atoms with van der Waals surface area (Å²) >= 11 is 0. The van der Waals surface area contributed by atoms with Crippen LogP contribution >= 0.6 is 0 Å². The normalized spacial score (nSPS) is 13.3. The van der Waals surface area contributed by atoms with Crippen LogP contribution in [0.1, 0.15) is 42.9 Å². The monoisotopic (exact) mass is 371 g/mol. The molecular formula is C22H26FNO3. The number of fused-ring (bicyclic) bond motifs is 1. The molecule has 1 aliphatic rings. The number of carboxylic acids is 1. The van der Waals surface area contributed by atoms with Crippen LogP contribution in [0.3, 0.4) is 0 Å². The molecule has 0 aliphatic carbocycles. The number of benzene rings is 2. The second-order valence-corrected chi connectivity index (χ2v) is 6.99. The van der Waals surface area contributed by atoms with Crippen molar-refractivity contribution in [3.63, 3.8) is 0 Å². The third kappa shape index (κ3) is 5.00. The van der Waals surface area contributed by atoms with Crippen molar-refractivity contribution in [2.45, 2.75) is 45.6 Å². The Hall–Kier alpha value is -2.56. The molecule has 1 N–H and O–H groups in total. The van der Waals surface area contributed by atoms with E-state index in [-0.39, 0.29) is 25.3 Å². The number of nitrogens with zero attached hydrogens (tertiary/aromatic N) is 1. The van der Waals surface area contributed by atoms with Crippen molar-refractivity contribution in [2.75, 3.05) is 18.0 Å². The fourth-order valence-electron chi connectivity index (χ4n) is 3.51. The van der Waals surface area contributed by atoms with E-state index in [0.29, 0.717) is 5.56 Å². The first-order valence-electron chi connectivity index (χ1n) is 9.56. The van der Waals surface area contributed by atoms with Crippen LogP contribution < -0.4 is 9.64 Å². The minimum atomic E-state index is -0.925. The number of hydrogen-bond donors (Lipinski definition) is 1. The maximum Gasteiger partial charge on any atom is 0.303 e. The molecule has 0 atom stereocenters. The van der Waals surface area contributed by atoms with Gasteiger partial charge < -0.3 is 14.7 Å². The van der Waals surface area contributed by atoms with Crippen LogP contribution in [0.5, 0.6) is 5.75 Å². The van der Waals surface area contributed by atoms with E-state index in [4.69, 9.17) is 9.84 Å². The van der Waals surface area contributed by atoms with Gasteiger partial charge in [0, 0.05) is 31.3 Å². The molecule has 0 saturated heterocycles. The quantitative estimate of drug-likeness (QED) is 0.738. The summed E-state index contributed by atoms with van der Waals surface area (Å²) in [4.78, 5) is 13.0. The molecule has 0 aromatic heterocycles. The molecule has 0 amide bonds. The van der Waals surface area contributed by atoms with E-state index in [1.807, 2.05) is 6.07 Å². The van der Waals surface area contributed by atoms with Gasteiger partial charge in [0.1, 0.15) is 18.2 Å². The van der Waals surface area contributed by atoms with Crippen LogP contribution in [0.15, 0.2) is 36.4 Å². The molecule has 2 aromatic rings. The van der Waals surface area contributed by atoms with Gasteiger partial charge in [-0.2, -0.15) is 0 Å². The van der Waals surface area contributed by atoms with Crippen molar-refractivity contribution < 1.29 is 19.0 Å². The molecule has 4 nitrogen and oxygen atoms in total. The van der Waals surface area contributed by atoms with Crippen molar-refractivity contribution in [3.05, 3.63) is 58.9 Å². The molecule has 1 heterocycles. The number of ether oxygens (including phenoxy) is 1. The second kappa shape index (κ2) is 8.89. The smallest absolute Gasteiger partial charge is 0.303 e. The third-order valence-corrected chi connectivity index (χ3v) is 4.90. The van der Waals surface area contributed by atoms with Crippen LogP contribution in [-0.4, -0.2) is 24.2 Å². The molecule has 0 fully saturated rings. The molecule has 0 bridgehead atoms. The van der Waals surface area contributed by atoms with Crippen molar-refractivity contribution in [2.24, 2.45) is 0 Å². The van der Waals surface area contributed by atoms with Crippen LogP contribution in [0.4, 0.5) is 10.1 Å². The highest BCUT2D eigenvalue weighted by Crippen LogP contribution is 2.31. The summed E-state index contributed by atoms with van der Waals surface area (Å²) in [7, 11) is 0. The number of carbonyl (C=O) groups is 1. The standard InChI is InChI=1S/C22H26FNO3/c1-2-11-24-12-3-4-18-7-9-19(14-21(18)24)27-15-16-5-6-17(20(23)13-16)8-10-22(25)26/h5-7,9,13-14H,2-4,8,10-12,15H2,1H3,(H,25,26). The van der Waals surface area contributed by atoms with E-state index in [1.165, 1.54) is 23.7 Å². The Morgan fingerprint density at radius 1 is 1.26 bits per heavy atom. The highest BCUT2D eigenvalue weighted by molar-refractivity contribution is 5.67. The van der Waals surface area contributed by atoms with Gasteiger partial charge in [0.25, 0.3) is 0 Å². The molecule has 0 radical (unpaired) electrons. The summed E-state index contributed by atoms with van der Waals surface area (Å²) in [5.74, 6) is -0.518. The Bertz CT molecular complexity index is 806. The lowest BCUT2D eigenvalue weighted by atomic mass is 10.0. The average Bonchev–Trinajstić information content (AvgIpc) is 2.66. The Kier molecular flexibility index (Phi) is 6.32. The first-order chi connectivity index (χ1) is 13.1. The number of rotatable bonds is 8. The number of aliphatic carboxylic acids is 1. The van der Waals surface area contributed by atoms with E-state index in [0.717, 1.165) is 37.2 Å². The van der Waals surface area contributed by atoms with Gasteiger partial charge in [-0.05, 0) is 54.5 Å². The summed E-state index contributed by atoms with van der Waals surface area (Å²) in [5, 5.41) is 8.72. The Labute approximate surface area is 159 Å². The molecule has 2 aromatic carbocycles. The van der Waals surface area contributed by atoms with Gasteiger partial charge >= 0.3 is 5.97 Å². The van der Waals surface area contributed by atoms with Crippen LogP contribution in [0.2, 0.25) is 0 Å². The highest BCUT2D eigenvalue weighted by atomic mass is 19.1. The van der Waals surface area contributed by atoms with Gasteiger partial charge in [-0.3, -0.25) is 4.79 Å². The van der Waals surface area contributed by atoms with Crippen molar-refractivity contribution >= 4 is 11.7 Å². The molecule has 0 saturated carbocycles. The second-order valence-electron chi connectivity index (χ2n) is 6.99.